The molecule has 9 atom stereocenters. The van der Waals surface area contributed by atoms with Crippen molar-refractivity contribution in [2.75, 3.05) is 6.61 Å². The van der Waals surface area contributed by atoms with Crippen molar-refractivity contribution in [3.05, 3.63) is 0 Å². The molecule has 0 aromatic heterocycles. The first-order chi connectivity index (χ1) is 15.9. The number of fused-ring (bicyclic) bond motifs is 5. The van der Waals surface area contributed by atoms with Crippen LogP contribution in [0.1, 0.15) is 112 Å². The van der Waals surface area contributed by atoms with Gasteiger partial charge in [-0.05, 0) is 110 Å². The lowest BCUT2D eigenvalue weighted by Crippen LogP contribution is -2.57. The molecular formula is C30H48Cl2O2. The van der Waals surface area contributed by atoms with Crippen molar-refractivity contribution in [1.29, 1.82) is 0 Å². The predicted molar refractivity (Wildman–Crippen MR) is 141 cm³/mol. The van der Waals surface area contributed by atoms with Crippen LogP contribution in [-0.2, 0) is 9.53 Å². The van der Waals surface area contributed by atoms with Crippen LogP contribution in [0.3, 0.4) is 0 Å². The number of hydrogen-bond acceptors (Lipinski definition) is 2. The van der Waals surface area contributed by atoms with Gasteiger partial charge in [0.05, 0.1) is 0 Å². The van der Waals surface area contributed by atoms with E-state index in [9.17, 15) is 4.79 Å². The number of carbonyl (C=O) groups is 1. The first-order valence-corrected chi connectivity index (χ1v) is 15.3. The molecule has 1 aliphatic heterocycles. The van der Waals surface area contributed by atoms with E-state index in [1.807, 2.05) is 0 Å². The molecule has 0 aromatic carbocycles. The number of ether oxygens (including phenoxy) is 1. The number of alkyl halides is 2. The van der Waals surface area contributed by atoms with Crippen LogP contribution in [0.15, 0.2) is 0 Å². The van der Waals surface area contributed by atoms with Gasteiger partial charge in [0.1, 0.15) is 6.61 Å². The highest BCUT2D eigenvalue weighted by Gasteiger charge is 2.67. The maximum Gasteiger partial charge on any atom is 0.343 e. The van der Waals surface area contributed by atoms with Crippen molar-refractivity contribution in [3.63, 3.8) is 0 Å². The van der Waals surface area contributed by atoms with Crippen molar-refractivity contribution in [1.82, 2.24) is 0 Å². The van der Waals surface area contributed by atoms with Gasteiger partial charge in [-0.1, -0.05) is 77.1 Å². The number of esters is 1. The monoisotopic (exact) mass is 510 g/mol. The van der Waals surface area contributed by atoms with E-state index in [2.05, 4.69) is 34.6 Å². The molecule has 0 bridgehead atoms. The Kier molecular flexibility index (Phi) is 6.66. The van der Waals surface area contributed by atoms with Crippen molar-refractivity contribution in [3.8, 4) is 0 Å². The Morgan fingerprint density at radius 2 is 1.65 bits per heavy atom. The van der Waals surface area contributed by atoms with Gasteiger partial charge in [-0.2, -0.15) is 0 Å². The second kappa shape index (κ2) is 8.82. The smallest absolute Gasteiger partial charge is 0.343 e. The van der Waals surface area contributed by atoms with E-state index in [1.165, 1.54) is 57.8 Å². The summed E-state index contributed by atoms with van der Waals surface area (Å²) in [6.07, 6.45) is 15.6. The van der Waals surface area contributed by atoms with Gasteiger partial charge in [-0.15, -0.1) is 0 Å². The van der Waals surface area contributed by atoms with Gasteiger partial charge in [0.2, 0.25) is 4.33 Å². The fourth-order valence-corrected chi connectivity index (χ4v) is 10.9. The summed E-state index contributed by atoms with van der Waals surface area (Å²) in [6, 6.07) is 0. The minimum Gasteiger partial charge on any atom is -0.463 e. The highest BCUT2D eigenvalue weighted by Crippen LogP contribution is 2.71. The molecule has 34 heavy (non-hydrogen) atoms. The van der Waals surface area contributed by atoms with Crippen molar-refractivity contribution >= 4 is 29.2 Å². The zero-order chi connectivity index (χ0) is 24.5. The first kappa shape index (κ1) is 25.7. The number of halogens is 2. The second-order valence-electron chi connectivity index (χ2n) is 14.3. The third-order valence-electron chi connectivity index (χ3n) is 12.4. The number of cyclic esters (lactones) is 1. The molecule has 0 amide bonds. The van der Waals surface area contributed by atoms with Gasteiger partial charge in [0.25, 0.3) is 0 Å². The maximum absolute atomic E-state index is 12.3. The summed E-state index contributed by atoms with van der Waals surface area (Å²) in [7, 11) is 0. The Morgan fingerprint density at radius 1 is 0.912 bits per heavy atom. The summed E-state index contributed by atoms with van der Waals surface area (Å²) in [6.45, 7) is 13.0. The molecule has 4 heteroatoms. The van der Waals surface area contributed by atoms with Crippen molar-refractivity contribution in [2.24, 2.45) is 57.7 Å². The molecule has 0 N–H and O–H groups in total. The van der Waals surface area contributed by atoms with E-state index < -0.39 is 10.3 Å². The van der Waals surface area contributed by atoms with Crippen LogP contribution in [0.4, 0.5) is 0 Å². The summed E-state index contributed by atoms with van der Waals surface area (Å²) in [5.74, 6) is 5.44. The largest absolute Gasteiger partial charge is 0.463 e. The quantitative estimate of drug-likeness (QED) is 0.272. The zero-order valence-corrected chi connectivity index (χ0v) is 23.8. The van der Waals surface area contributed by atoms with Crippen LogP contribution in [0.25, 0.3) is 0 Å². The highest BCUT2D eigenvalue weighted by molar-refractivity contribution is 6.58. The van der Waals surface area contributed by atoms with Gasteiger partial charge in [-0.3, -0.25) is 0 Å². The molecule has 0 radical (unpaired) electrons. The number of carbonyl (C=O) groups excluding carboxylic acids is 1. The normalized spacial score (nSPS) is 48.4. The van der Waals surface area contributed by atoms with E-state index in [4.69, 9.17) is 27.9 Å². The minimum absolute atomic E-state index is 0.367. The molecule has 0 aromatic rings. The topological polar surface area (TPSA) is 26.3 Å². The van der Waals surface area contributed by atoms with E-state index >= 15 is 0 Å². The molecule has 194 valence electrons. The lowest BCUT2D eigenvalue weighted by Gasteiger charge is -2.63. The standard InChI is InChI=1S/C30H48Cl2O2/c1-19(2)7-6-8-20(3)23-11-12-24-22-10-9-21-17-29(18-34-26(33)30(29,31)32)16-15-27(21,4)25(22)13-14-28(23,24)5/h19-25H,6-18H2,1-5H3/t20-,21+,22+,23-,24+,25+,27+,28-,29-/m1/s1. The molecule has 5 fully saturated rings. The zero-order valence-electron chi connectivity index (χ0n) is 22.3. The third-order valence-corrected chi connectivity index (χ3v) is 13.6. The maximum atomic E-state index is 12.3. The molecule has 4 saturated carbocycles. The van der Waals surface area contributed by atoms with E-state index in [0.29, 0.717) is 23.4 Å². The second-order valence-corrected chi connectivity index (χ2v) is 15.6. The van der Waals surface area contributed by atoms with Crippen LogP contribution in [-0.4, -0.2) is 16.9 Å². The van der Waals surface area contributed by atoms with E-state index in [-0.39, 0.29) is 5.41 Å². The predicted octanol–water partition coefficient (Wildman–Crippen LogP) is 8.82. The Balaban J connectivity index is 1.30. The molecule has 2 nitrogen and oxygen atoms in total. The average molecular weight is 512 g/mol. The fraction of sp³-hybridized carbons (Fsp3) is 0.967. The summed E-state index contributed by atoms with van der Waals surface area (Å²) in [4.78, 5) is 12.3. The number of rotatable bonds is 5. The van der Waals surface area contributed by atoms with Crippen LogP contribution < -0.4 is 0 Å². The number of hydrogen-bond donors (Lipinski definition) is 0. The van der Waals surface area contributed by atoms with E-state index in [1.54, 1.807) is 0 Å². The molecular weight excluding hydrogens is 463 g/mol. The molecule has 1 spiro atoms. The Labute approximate surface area is 218 Å². The summed E-state index contributed by atoms with van der Waals surface area (Å²) in [5, 5.41) is 0. The summed E-state index contributed by atoms with van der Waals surface area (Å²) in [5.41, 5.74) is 0.536. The third kappa shape index (κ3) is 3.73. The molecule has 1 heterocycles. The molecule has 4 aliphatic carbocycles. The van der Waals surface area contributed by atoms with Gasteiger partial charge in [0, 0.05) is 5.41 Å². The van der Waals surface area contributed by atoms with Crippen LogP contribution >= 0.6 is 23.2 Å². The van der Waals surface area contributed by atoms with Crippen LogP contribution in [0.5, 0.6) is 0 Å². The summed E-state index contributed by atoms with van der Waals surface area (Å²) >= 11 is 13.3. The van der Waals surface area contributed by atoms with Crippen molar-refractivity contribution < 1.29 is 9.53 Å². The van der Waals surface area contributed by atoms with Gasteiger partial charge in [-0.25, -0.2) is 4.79 Å². The van der Waals surface area contributed by atoms with Gasteiger partial charge >= 0.3 is 5.97 Å². The van der Waals surface area contributed by atoms with Crippen molar-refractivity contribution in [2.45, 2.75) is 116 Å². The van der Waals surface area contributed by atoms with Crippen LogP contribution in [0.2, 0.25) is 0 Å². The van der Waals surface area contributed by atoms with Gasteiger partial charge < -0.3 is 4.74 Å². The summed E-state index contributed by atoms with van der Waals surface area (Å²) < 4.78 is 4.06. The van der Waals surface area contributed by atoms with Crippen LogP contribution in [0, 0.1) is 57.7 Å². The molecule has 5 aliphatic rings. The molecule has 0 unspecified atom stereocenters. The fourth-order valence-electron chi connectivity index (χ4n) is 10.4. The molecule has 1 saturated heterocycles. The minimum atomic E-state index is -1.36. The average Bonchev–Trinajstić information content (AvgIpc) is 3.23. The lowest BCUT2D eigenvalue weighted by atomic mass is 9.42. The lowest BCUT2D eigenvalue weighted by molar-refractivity contribution is -0.138. The SMILES string of the molecule is CC(C)CCC[C@@H](C)[C@H]1CC[C@H]2[C@@H]3CC[C@H]4C[C@]5(CC[C@]4(C)[C@H]3CC[C@]12C)COC(=O)C5(Cl)Cl. The first-order valence-electron chi connectivity index (χ1n) is 14.5. The Morgan fingerprint density at radius 3 is 2.32 bits per heavy atom. The molecule has 5 rings (SSSR count). The Bertz CT molecular complexity index is 795. The van der Waals surface area contributed by atoms with Gasteiger partial charge in [0.15, 0.2) is 0 Å². The Hall–Kier alpha value is 0.0500. The van der Waals surface area contributed by atoms with E-state index in [0.717, 1.165) is 54.8 Å². The highest BCUT2D eigenvalue weighted by atomic mass is 35.5.